The van der Waals surface area contributed by atoms with Gasteiger partial charge in [-0.1, -0.05) is 25.5 Å². The summed E-state index contributed by atoms with van der Waals surface area (Å²) in [6, 6.07) is 5.72. The molecule has 1 aliphatic rings. The van der Waals surface area contributed by atoms with Gasteiger partial charge in [-0.25, -0.2) is 4.39 Å². The second-order valence-corrected chi connectivity index (χ2v) is 5.20. The maximum atomic E-state index is 13.7. The first-order chi connectivity index (χ1) is 8.20. The molecule has 0 radical (unpaired) electrons. The summed E-state index contributed by atoms with van der Waals surface area (Å²) in [5.74, 6) is 0.761. The second-order valence-electron chi connectivity index (χ2n) is 5.20. The first kappa shape index (κ1) is 12.4. The van der Waals surface area contributed by atoms with Gasteiger partial charge in [0.15, 0.2) is 0 Å². The molecule has 17 heavy (non-hydrogen) atoms. The van der Waals surface area contributed by atoms with E-state index in [0.29, 0.717) is 11.7 Å². The Morgan fingerprint density at radius 2 is 1.94 bits per heavy atom. The summed E-state index contributed by atoms with van der Waals surface area (Å²) in [5, 5.41) is 3.39. The number of halogens is 1. The summed E-state index contributed by atoms with van der Waals surface area (Å²) in [6.07, 6.45) is 6.19. The molecule has 2 rings (SSSR count). The van der Waals surface area contributed by atoms with E-state index in [0.717, 1.165) is 11.5 Å². The van der Waals surface area contributed by atoms with E-state index in [1.54, 1.807) is 6.07 Å². The quantitative estimate of drug-likeness (QED) is 0.812. The van der Waals surface area contributed by atoms with E-state index in [4.69, 9.17) is 0 Å². The van der Waals surface area contributed by atoms with E-state index < -0.39 is 0 Å². The fourth-order valence-corrected chi connectivity index (χ4v) is 2.73. The molecule has 0 bridgehead atoms. The van der Waals surface area contributed by atoms with Crippen LogP contribution in [0.5, 0.6) is 0 Å². The van der Waals surface area contributed by atoms with Crippen molar-refractivity contribution in [2.75, 3.05) is 5.32 Å². The highest BCUT2D eigenvalue weighted by atomic mass is 19.1. The van der Waals surface area contributed by atoms with Crippen LogP contribution in [-0.4, -0.2) is 6.04 Å². The Labute approximate surface area is 103 Å². The van der Waals surface area contributed by atoms with Crippen molar-refractivity contribution < 1.29 is 4.39 Å². The molecule has 1 aromatic rings. The maximum absolute atomic E-state index is 13.7. The number of rotatable bonds is 3. The smallest absolute Gasteiger partial charge is 0.146 e. The zero-order valence-corrected chi connectivity index (χ0v) is 10.8. The van der Waals surface area contributed by atoms with Gasteiger partial charge in [0.25, 0.3) is 0 Å². The number of benzene rings is 1. The molecule has 0 saturated heterocycles. The molecule has 0 heterocycles. The molecular formula is C15H22FN. The van der Waals surface area contributed by atoms with Crippen molar-refractivity contribution >= 4 is 5.69 Å². The Balaban J connectivity index is 1.98. The van der Waals surface area contributed by atoms with Crippen LogP contribution >= 0.6 is 0 Å². The summed E-state index contributed by atoms with van der Waals surface area (Å²) in [6.45, 7) is 4.22. The van der Waals surface area contributed by atoms with Crippen molar-refractivity contribution in [3.8, 4) is 0 Å². The predicted octanol–water partition coefficient (Wildman–Crippen LogP) is 4.51. The van der Waals surface area contributed by atoms with Crippen LogP contribution in [0.4, 0.5) is 10.1 Å². The molecule has 0 spiro atoms. The third-order valence-corrected chi connectivity index (χ3v) is 3.99. The highest BCUT2D eigenvalue weighted by Gasteiger charge is 2.20. The van der Waals surface area contributed by atoms with Crippen LogP contribution < -0.4 is 5.32 Å². The minimum absolute atomic E-state index is 0.123. The average Bonchev–Trinajstić information content (AvgIpc) is 2.35. The standard InChI is InChI=1S/C15H22FN/c1-3-12-7-9-13(10-8-12)17-15-11(2)5-4-6-14(15)16/h4-6,12-13,17H,3,7-10H2,1-2H3. The molecule has 1 N–H and O–H groups in total. The molecule has 1 aliphatic carbocycles. The van der Waals surface area contributed by atoms with Gasteiger partial charge < -0.3 is 5.32 Å². The summed E-state index contributed by atoms with van der Waals surface area (Å²) in [7, 11) is 0. The van der Waals surface area contributed by atoms with E-state index in [-0.39, 0.29) is 5.82 Å². The van der Waals surface area contributed by atoms with Gasteiger partial charge in [0.05, 0.1) is 5.69 Å². The van der Waals surface area contributed by atoms with Crippen molar-refractivity contribution in [2.24, 2.45) is 5.92 Å². The molecular weight excluding hydrogens is 213 g/mol. The lowest BCUT2D eigenvalue weighted by molar-refractivity contribution is 0.329. The number of nitrogens with one attached hydrogen (secondary N) is 1. The number of aryl methyl sites for hydroxylation is 1. The van der Waals surface area contributed by atoms with Gasteiger partial charge in [-0.3, -0.25) is 0 Å². The SMILES string of the molecule is CCC1CCC(Nc2c(C)cccc2F)CC1. The summed E-state index contributed by atoms with van der Waals surface area (Å²) in [4.78, 5) is 0. The van der Waals surface area contributed by atoms with E-state index >= 15 is 0 Å². The van der Waals surface area contributed by atoms with Crippen LogP contribution in [0.2, 0.25) is 0 Å². The molecule has 0 aliphatic heterocycles. The third-order valence-electron chi connectivity index (χ3n) is 3.99. The van der Waals surface area contributed by atoms with Gasteiger partial charge in [0, 0.05) is 6.04 Å². The molecule has 0 unspecified atom stereocenters. The Bertz CT molecular complexity index is 347. The number of hydrogen-bond acceptors (Lipinski definition) is 1. The monoisotopic (exact) mass is 235 g/mol. The number of anilines is 1. The fraction of sp³-hybridized carbons (Fsp3) is 0.600. The van der Waals surface area contributed by atoms with Gasteiger partial charge >= 0.3 is 0 Å². The minimum atomic E-state index is -0.123. The number of para-hydroxylation sites is 1. The molecule has 94 valence electrons. The Kier molecular flexibility index (Phi) is 4.03. The summed E-state index contributed by atoms with van der Waals surface area (Å²) >= 11 is 0. The average molecular weight is 235 g/mol. The van der Waals surface area contributed by atoms with E-state index in [1.165, 1.54) is 38.2 Å². The summed E-state index contributed by atoms with van der Waals surface area (Å²) in [5.41, 5.74) is 1.70. The zero-order valence-electron chi connectivity index (χ0n) is 10.8. The maximum Gasteiger partial charge on any atom is 0.146 e. The van der Waals surface area contributed by atoms with E-state index in [1.807, 2.05) is 13.0 Å². The van der Waals surface area contributed by atoms with Crippen molar-refractivity contribution in [1.29, 1.82) is 0 Å². The highest BCUT2D eigenvalue weighted by Crippen LogP contribution is 2.30. The van der Waals surface area contributed by atoms with E-state index in [2.05, 4.69) is 12.2 Å². The fourth-order valence-electron chi connectivity index (χ4n) is 2.73. The zero-order chi connectivity index (χ0) is 12.3. The van der Waals surface area contributed by atoms with E-state index in [9.17, 15) is 4.39 Å². The largest absolute Gasteiger partial charge is 0.380 e. The Hall–Kier alpha value is -1.05. The first-order valence-corrected chi connectivity index (χ1v) is 6.72. The molecule has 0 amide bonds. The first-order valence-electron chi connectivity index (χ1n) is 6.72. The molecule has 1 nitrogen and oxygen atoms in total. The van der Waals surface area contributed by atoms with Gasteiger partial charge in [-0.15, -0.1) is 0 Å². The van der Waals surface area contributed by atoms with Crippen molar-refractivity contribution in [2.45, 2.75) is 52.0 Å². The lowest BCUT2D eigenvalue weighted by atomic mass is 9.84. The van der Waals surface area contributed by atoms with Crippen molar-refractivity contribution in [1.82, 2.24) is 0 Å². The Morgan fingerprint density at radius 1 is 1.24 bits per heavy atom. The van der Waals surface area contributed by atoms with Gasteiger partial charge in [-0.2, -0.15) is 0 Å². The minimum Gasteiger partial charge on any atom is -0.380 e. The molecule has 1 fully saturated rings. The van der Waals surface area contributed by atoms with Crippen LogP contribution in [0.15, 0.2) is 18.2 Å². The van der Waals surface area contributed by atoms with Crippen LogP contribution in [0.3, 0.4) is 0 Å². The predicted molar refractivity (Wildman–Crippen MR) is 70.8 cm³/mol. The van der Waals surface area contributed by atoms with Crippen molar-refractivity contribution in [3.05, 3.63) is 29.6 Å². The molecule has 0 atom stereocenters. The number of hydrogen-bond donors (Lipinski definition) is 1. The highest BCUT2D eigenvalue weighted by molar-refractivity contribution is 5.52. The molecule has 1 saturated carbocycles. The van der Waals surface area contributed by atoms with Crippen molar-refractivity contribution in [3.63, 3.8) is 0 Å². The Morgan fingerprint density at radius 3 is 2.53 bits per heavy atom. The van der Waals surface area contributed by atoms with Gasteiger partial charge in [-0.05, 0) is 50.2 Å². The molecule has 2 heteroatoms. The lowest BCUT2D eigenvalue weighted by Crippen LogP contribution is -2.26. The second kappa shape index (κ2) is 5.52. The topological polar surface area (TPSA) is 12.0 Å². The van der Waals surface area contributed by atoms with Gasteiger partial charge in [0.2, 0.25) is 0 Å². The molecule has 1 aromatic carbocycles. The molecule has 0 aromatic heterocycles. The van der Waals surface area contributed by atoms with Crippen LogP contribution in [-0.2, 0) is 0 Å². The van der Waals surface area contributed by atoms with Crippen LogP contribution in [0, 0.1) is 18.7 Å². The van der Waals surface area contributed by atoms with Crippen LogP contribution in [0.1, 0.15) is 44.6 Å². The lowest BCUT2D eigenvalue weighted by Gasteiger charge is -2.29. The summed E-state index contributed by atoms with van der Waals surface area (Å²) < 4.78 is 13.7. The third kappa shape index (κ3) is 2.99. The van der Waals surface area contributed by atoms with Gasteiger partial charge in [0.1, 0.15) is 5.82 Å². The van der Waals surface area contributed by atoms with Crippen LogP contribution in [0.25, 0.3) is 0 Å². The normalized spacial score (nSPS) is 24.6.